The summed E-state index contributed by atoms with van der Waals surface area (Å²) in [5.41, 5.74) is 0.768. The Morgan fingerprint density at radius 3 is 2.48 bits per heavy atom. The van der Waals surface area contributed by atoms with Gasteiger partial charge in [-0.25, -0.2) is 0 Å². The molecule has 0 radical (unpaired) electrons. The smallest absolute Gasteiger partial charge is 0.189 e. The van der Waals surface area contributed by atoms with Crippen LogP contribution in [0.3, 0.4) is 0 Å². The first-order chi connectivity index (χ1) is 13.1. The first kappa shape index (κ1) is 18.8. The van der Waals surface area contributed by atoms with Crippen LogP contribution in [0.1, 0.15) is 25.3 Å². The van der Waals surface area contributed by atoms with Crippen LogP contribution in [-0.4, -0.2) is 30.2 Å². The van der Waals surface area contributed by atoms with Gasteiger partial charge >= 0.3 is 0 Å². The first-order valence-corrected chi connectivity index (χ1v) is 9.42. The largest absolute Gasteiger partial charge is 0.303 e. The third-order valence-corrected chi connectivity index (χ3v) is 6.11. The topological polar surface area (TPSA) is 98.5 Å². The highest BCUT2D eigenvalue weighted by molar-refractivity contribution is 6.10. The van der Waals surface area contributed by atoms with E-state index in [1.54, 1.807) is 0 Å². The number of rotatable bonds is 4. The van der Waals surface area contributed by atoms with Gasteiger partial charge in [0, 0.05) is 19.0 Å². The number of aryl methyl sites for hydroxylation is 1. The van der Waals surface area contributed by atoms with Crippen LogP contribution in [0.25, 0.3) is 0 Å². The Labute approximate surface area is 160 Å². The van der Waals surface area contributed by atoms with E-state index in [1.807, 2.05) is 30.3 Å². The molecular formula is C22H23N5. The summed E-state index contributed by atoms with van der Waals surface area (Å²) in [6.07, 6.45) is 2.14. The van der Waals surface area contributed by atoms with Gasteiger partial charge in [0.2, 0.25) is 0 Å². The number of hydrogen-bond acceptors (Lipinski definition) is 5. The average Bonchev–Trinajstić information content (AvgIpc) is 2.72. The van der Waals surface area contributed by atoms with E-state index < -0.39 is 5.41 Å². The molecule has 2 unspecified atom stereocenters. The zero-order chi connectivity index (χ0) is 19.4. The van der Waals surface area contributed by atoms with Gasteiger partial charge in [0.1, 0.15) is 6.07 Å². The van der Waals surface area contributed by atoms with Gasteiger partial charge < -0.3 is 10.3 Å². The number of nitrogens with zero attached hydrogens (tertiary/aromatic N) is 4. The minimum atomic E-state index is -1.55. The Kier molecular flexibility index (Phi) is 5.41. The zero-order valence-electron chi connectivity index (χ0n) is 15.6. The molecule has 27 heavy (non-hydrogen) atoms. The molecule has 1 aliphatic heterocycles. The number of allylic oxidation sites excluding steroid dienone is 1. The highest BCUT2D eigenvalue weighted by Gasteiger charge is 2.54. The molecule has 2 atom stereocenters. The molecule has 5 nitrogen and oxygen atoms in total. The van der Waals surface area contributed by atoms with Gasteiger partial charge in [0.05, 0.1) is 23.4 Å². The Hall–Kier alpha value is -2.94. The number of hydrogen-bond donors (Lipinski definition) is 1. The number of likely N-dealkylation sites (tertiary alicyclic amines) is 1. The van der Waals surface area contributed by atoms with Crippen molar-refractivity contribution >= 4 is 5.71 Å². The maximum Gasteiger partial charge on any atom is 0.189 e. The third kappa shape index (κ3) is 3.14. The van der Waals surface area contributed by atoms with Crippen LogP contribution in [0.2, 0.25) is 0 Å². The molecule has 1 N–H and O–H groups in total. The first-order valence-electron chi connectivity index (χ1n) is 9.42. The predicted octanol–water partition coefficient (Wildman–Crippen LogP) is 3.46. The summed E-state index contributed by atoms with van der Waals surface area (Å²) < 4.78 is 0. The second-order valence-electron chi connectivity index (χ2n) is 7.30. The monoisotopic (exact) mass is 357 g/mol. The van der Waals surface area contributed by atoms with Crippen molar-refractivity contribution < 1.29 is 0 Å². The maximum atomic E-state index is 9.95. The van der Waals surface area contributed by atoms with Gasteiger partial charge in [-0.2, -0.15) is 15.8 Å². The predicted molar refractivity (Wildman–Crippen MR) is 102 cm³/mol. The maximum absolute atomic E-state index is 9.95. The lowest BCUT2D eigenvalue weighted by molar-refractivity contribution is 0.150. The van der Waals surface area contributed by atoms with Crippen LogP contribution in [0.4, 0.5) is 0 Å². The molecule has 0 amide bonds. The van der Waals surface area contributed by atoms with Crippen LogP contribution in [-0.2, 0) is 6.42 Å². The molecule has 3 rings (SSSR count). The highest BCUT2D eigenvalue weighted by atomic mass is 15.1. The number of piperidine rings is 1. The summed E-state index contributed by atoms with van der Waals surface area (Å²) >= 11 is 0. The molecule has 1 saturated heterocycles. The molecule has 1 aromatic rings. The van der Waals surface area contributed by atoms with Crippen LogP contribution in [0, 0.1) is 56.7 Å². The minimum absolute atomic E-state index is 0.0227. The summed E-state index contributed by atoms with van der Waals surface area (Å²) in [5.74, 6) is -0.299. The molecule has 5 heteroatoms. The van der Waals surface area contributed by atoms with Crippen molar-refractivity contribution in [3.8, 4) is 18.2 Å². The summed E-state index contributed by atoms with van der Waals surface area (Å²) in [7, 11) is 0. The standard InChI is InChI=1S/C22H23N5/c1-2-27-11-10-17-18(12-23)21(26)22(14-24,15-25)20(19(17)13-27)9-8-16-6-4-3-5-7-16/h3-7,19-20,26H,2,8-11,13H2,1H3. The number of fused-ring (bicyclic) bond motifs is 1. The molecular weight excluding hydrogens is 334 g/mol. The fraction of sp³-hybridized carbons (Fsp3) is 0.455. The van der Waals surface area contributed by atoms with Crippen molar-refractivity contribution in [3.63, 3.8) is 0 Å². The van der Waals surface area contributed by atoms with E-state index in [9.17, 15) is 15.8 Å². The second kappa shape index (κ2) is 7.75. The van der Waals surface area contributed by atoms with Crippen molar-refractivity contribution in [2.24, 2.45) is 17.3 Å². The van der Waals surface area contributed by atoms with Crippen LogP contribution >= 0.6 is 0 Å². The van der Waals surface area contributed by atoms with E-state index in [0.29, 0.717) is 6.42 Å². The molecule has 0 aromatic heterocycles. The van der Waals surface area contributed by atoms with Gasteiger partial charge in [0.25, 0.3) is 0 Å². The molecule has 1 aromatic carbocycles. The van der Waals surface area contributed by atoms with Gasteiger partial charge in [-0.1, -0.05) is 37.3 Å². The lowest BCUT2D eigenvalue weighted by Crippen LogP contribution is -2.51. The van der Waals surface area contributed by atoms with Gasteiger partial charge in [0.15, 0.2) is 5.41 Å². The van der Waals surface area contributed by atoms with Crippen LogP contribution in [0.5, 0.6) is 0 Å². The van der Waals surface area contributed by atoms with E-state index >= 15 is 0 Å². The molecule has 2 aliphatic rings. The third-order valence-electron chi connectivity index (χ3n) is 6.11. The van der Waals surface area contributed by atoms with Crippen molar-refractivity contribution in [1.29, 1.82) is 21.2 Å². The molecule has 1 heterocycles. The van der Waals surface area contributed by atoms with Gasteiger partial charge in [-0.05, 0) is 42.9 Å². The van der Waals surface area contributed by atoms with Gasteiger partial charge in [-0.3, -0.25) is 0 Å². The normalized spacial score (nSPS) is 24.4. The highest BCUT2D eigenvalue weighted by Crippen LogP contribution is 2.49. The fourth-order valence-corrected chi connectivity index (χ4v) is 4.57. The molecule has 0 saturated carbocycles. The fourth-order valence-electron chi connectivity index (χ4n) is 4.57. The van der Waals surface area contributed by atoms with Crippen molar-refractivity contribution in [1.82, 2.24) is 4.90 Å². The summed E-state index contributed by atoms with van der Waals surface area (Å²) in [6, 6.07) is 16.5. The van der Waals surface area contributed by atoms with E-state index in [4.69, 9.17) is 5.41 Å². The van der Waals surface area contributed by atoms with Crippen molar-refractivity contribution in [3.05, 3.63) is 47.0 Å². The summed E-state index contributed by atoms with van der Waals surface area (Å²) in [6.45, 7) is 4.61. The minimum Gasteiger partial charge on any atom is -0.303 e. The van der Waals surface area contributed by atoms with Crippen LogP contribution < -0.4 is 0 Å². The Balaban J connectivity index is 2.04. The molecule has 0 bridgehead atoms. The SMILES string of the molecule is CCN1CCC2=C(C#N)C(=N)C(C#N)(C#N)C(CCc3ccccc3)C2C1. The lowest BCUT2D eigenvalue weighted by atomic mass is 9.57. The number of benzene rings is 1. The molecule has 1 aliphatic carbocycles. The Morgan fingerprint density at radius 2 is 1.89 bits per heavy atom. The summed E-state index contributed by atoms with van der Waals surface area (Å²) in [4.78, 5) is 2.31. The Morgan fingerprint density at radius 1 is 1.19 bits per heavy atom. The van der Waals surface area contributed by atoms with Crippen molar-refractivity contribution in [2.75, 3.05) is 19.6 Å². The number of nitriles is 3. The van der Waals surface area contributed by atoms with Gasteiger partial charge in [-0.15, -0.1) is 0 Å². The Bertz CT molecular complexity index is 864. The molecule has 136 valence electrons. The van der Waals surface area contributed by atoms with Crippen molar-refractivity contribution in [2.45, 2.75) is 26.2 Å². The summed E-state index contributed by atoms with van der Waals surface area (Å²) in [5, 5.41) is 38.1. The molecule has 0 spiro atoms. The van der Waals surface area contributed by atoms with E-state index in [-0.39, 0.29) is 23.1 Å². The van der Waals surface area contributed by atoms with Crippen LogP contribution in [0.15, 0.2) is 41.5 Å². The zero-order valence-corrected chi connectivity index (χ0v) is 15.6. The number of nitrogens with one attached hydrogen (secondary N) is 1. The van der Waals surface area contributed by atoms with E-state index in [1.165, 1.54) is 0 Å². The van der Waals surface area contributed by atoms with E-state index in [0.717, 1.165) is 43.6 Å². The average molecular weight is 357 g/mol. The molecule has 1 fully saturated rings. The quantitative estimate of drug-likeness (QED) is 0.892. The lowest BCUT2D eigenvalue weighted by Gasteiger charge is -2.46. The second-order valence-corrected chi connectivity index (χ2v) is 7.30. The van der Waals surface area contributed by atoms with E-state index in [2.05, 4.69) is 30.0 Å².